The largest absolute Gasteiger partial charge is 0.500 e. The molecule has 0 aromatic rings. The number of nitrogens with zero attached hydrogens (tertiary/aromatic N) is 3. The molecule has 3 N–H and O–H groups in total. The molecule has 6 nitrogen and oxygen atoms in total. The summed E-state index contributed by atoms with van der Waals surface area (Å²) >= 11 is 0. The minimum atomic E-state index is -0.630. The smallest absolute Gasteiger partial charge is 0.108 e. The van der Waals surface area contributed by atoms with E-state index >= 15 is 0 Å². The van der Waals surface area contributed by atoms with Crippen molar-refractivity contribution < 1.29 is 9.84 Å². The summed E-state index contributed by atoms with van der Waals surface area (Å²) in [5.74, 6) is 0.518. The minimum absolute atomic E-state index is 0.327. The second-order valence-electron chi connectivity index (χ2n) is 4.37. The first-order chi connectivity index (χ1) is 9.62. The molecule has 0 bridgehead atoms. The van der Waals surface area contributed by atoms with E-state index in [1.54, 1.807) is 13.1 Å². The molecule has 0 aliphatic rings. The number of hydrogen-bond donors (Lipinski definition) is 2. The van der Waals surface area contributed by atoms with Crippen LogP contribution < -0.4 is 5.73 Å². The fraction of sp³-hybridized carbons (Fsp3) is 0.714. The lowest BCUT2D eigenvalue weighted by atomic mass is 10.1. The van der Waals surface area contributed by atoms with Crippen LogP contribution in [0.2, 0.25) is 0 Å². The van der Waals surface area contributed by atoms with E-state index < -0.39 is 6.10 Å². The highest BCUT2D eigenvalue weighted by atomic mass is 16.5. The third kappa shape index (κ3) is 7.24. The molecule has 0 saturated heterocycles. The van der Waals surface area contributed by atoms with E-state index in [9.17, 15) is 5.11 Å². The fourth-order valence-corrected chi connectivity index (χ4v) is 1.91. The number of likely N-dealkylation sites (N-methyl/N-ethyl adjacent to an activating group) is 1. The highest BCUT2D eigenvalue weighted by Gasteiger charge is 2.21. The normalized spacial score (nSPS) is 15.3. The van der Waals surface area contributed by atoms with Crippen molar-refractivity contribution in [2.75, 3.05) is 33.3 Å². The molecule has 0 amide bonds. The number of ether oxygens (including phenoxy) is 1. The van der Waals surface area contributed by atoms with Gasteiger partial charge in [0.25, 0.3) is 0 Å². The van der Waals surface area contributed by atoms with Gasteiger partial charge in [-0.05, 0) is 19.7 Å². The van der Waals surface area contributed by atoms with Crippen molar-refractivity contribution in [1.82, 2.24) is 4.90 Å². The lowest BCUT2D eigenvalue weighted by molar-refractivity contribution is 0.0901. The number of rotatable bonds is 10. The van der Waals surface area contributed by atoms with Crippen LogP contribution in [0, 0.1) is 11.3 Å². The van der Waals surface area contributed by atoms with Crippen LogP contribution >= 0.6 is 0 Å². The third-order valence-corrected chi connectivity index (χ3v) is 3.02. The van der Waals surface area contributed by atoms with Gasteiger partial charge >= 0.3 is 0 Å². The van der Waals surface area contributed by atoms with Gasteiger partial charge in [-0.3, -0.25) is 9.89 Å². The number of hydrogen-bond acceptors (Lipinski definition) is 6. The zero-order chi connectivity index (χ0) is 15.4. The molecule has 0 aromatic carbocycles. The minimum Gasteiger partial charge on any atom is -0.500 e. The van der Waals surface area contributed by atoms with E-state index in [1.165, 1.54) is 13.2 Å². The molecule has 0 aromatic heterocycles. The van der Waals surface area contributed by atoms with Gasteiger partial charge in [0.2, 0.25) is 0 Å². The molecule has 0 rings (SSSR count). The molecule has 0 radical (unpaired) electrons. The van der Waals surface area contributed by atoms with Gasteiger partial charge in [-0.25, -0.2) is 0 Å². The number of nitriles is 1. The van der Waals surface area contributed by atoms with Crippen LogP contribution in [-0.2, 0) is 4.74 Å². The van der Waals surface area contributed by atoms with Gasteiger partial charge in [0, 0.05) is 26.1 Å². The number of allylic oxidation sites excluding steroid dienone is 1. The Labute approximate surface area is 121 Å². The van der Waals surface area contributed by atoms with E-state index in [4.69, 9.17) is 15.7 Å². The van der Waals surface area contributed by atoms with Crippen LogP contribution in [0.15, 0.2) is 16.8 Å². The standard InChI is InChI=1S/C14H26N4O2/c1-4-17-13(10-12(20-3)6-7-15)14(19)11-18(5-2)9-8-16/h4,6,13-14,19H,5,8-11,16H2,1-3H3/b12-6-,17-4?. The van der Waals surface area contributed by atoms with E-state index in [-0.39, 0.29) is 6.04 Å². The lowest BCUT2D eigenvalue weighted by Gasteiger charge is -2.26. The first-order valence-corrected chi connectivity index (χ1v) is 6.83. The van der Waals surface area contributed by atoms with E-state index in [0.717, 1.165) is 13.1 Å². The van der Waals surface area contributed by atoms with Crippen LogP contribution in [0.1, 0.15) is 20.3 Å². The van der Waals surface area contributed by atoms with Crippen molar-refractivity contribution in [1.29, 1.82) is 5.26 Å². The van der Waals surface area contributed by atoms with Crippen molar-refractivity contribution in [2.24, 2.45) is 10.7 Å². The summed E-state index contributed by atoms with van der Waals surface area (Å²) in [4.78, 5) is 6.35. The van der Waals surface area contributed by atoms with E-state index in [1.807, 2.05) is 13.0 Å². The highest BCUT2D eigenvalue weighted by Crippen LogP contribution is 2.14. The molecule has 0 spiro atoms. The zero-order valence-electron chi connectivity index (χ0n) is 12.6. The van der Waals surface area contributed by atoms with Crippen molar-refractivity contribution in [3.05, 3.63) is 11.8 Å². The number of aliphatic imine (C=N–C) groups is 1. The van der Waals surface area contributed by atoms with Crippen molar-refractivity contribution in [3.8, 4) is 6.07 Å². The van der Waals surface area contributed by atoms with Crippen LogP contribution in [-0.4, -0.2) is 61.7 Å². The van der Waals surface area contributed by atoms with Gasteiger partial charge in [-0.15, -0.1) is 0 Å². The average molecular weight is 282 g/mol. The Bertz CT molecular complexity index is 350. The molecular weight excluding hydrogens is 256 g/mol. The van der Waals surface area contributed by atoms with Crippen LogP contribution in [0.25, 0.3) is 0 Å². The maximum atomic E-state index is 10.3. The van der Waals surface area contributed by atoms with E-state index in [0.29, 0.717) is 25.3 Å². The molecular formula is C14H26N4O2. The topological polar surface area (TPSA) is 94.9 Å². The summed E-state index contributed by atoms with van der Waals surface area (Å²) in [6.07, 6.45) is 2.76. The molecule has 6 heteroatoms. The predicted molar refractivity (Wildman–Crippen MR) is 80.5 cm³/mol. The monoisotopic (exact) mass is 282 g/mol. The molecule has 2 atom stereocenters. The van der Waals surface area contributed by atoms with Crippen LogP contribution in [0.4, 0.5) is 0 Å². The molecule has 0 aliphatic heterocycles. The Balaban J connectivity index is 4.73. The molecule has 0 aliphatic carbocycles. The third-order valence-electron chi connectivity index (χ3n) is 3.02. The van der Waals surface area contributed by atoms with Crippen LogP contribution in [0.3, 0.4) is 0 Å². The highest BCUT2D eigenvalue weighted by molar-refractivity contribution is 5.53. The van der Waals surface area contributed by atoms with Gasteiger partial charge in [-0.2, -0.15) is 5.26 Å². The number of methoxy groups -OCH3 is 1. The molecule has 0 saturated carbocycles. The number of aliphatic hydroxyl groups is 1. The van der Waals surface area contributed by atoms with Gasteiger partial charge in [0.05, 0.1) is 31.4 Å². The Morgan fingerprint density at radius 1 is 1.60 bits per heavy atom. The summed E-state index contributed by atoms with van der Waals surface area (Å²) in [5.41, 5.74) is 5.54. The summed E-state index contributed by atoms with van der Waals surface area (Å²) < 4.78 is 5.12. The Kier molecular flexibility index (Phi) is 10.6. The van der Waals surface area contributed by atoms with Crippen molar-refractivity contribution in [3.63, 3.8) is 0 Å². The van der Waals surface area contributed by atoms with Gasteiger partial charge < -0.3 is 15.6 Å². The fourth-order valence-electron chi connectivity index (χ4n) is 1.91. The van der Waals surface area contributed by atoms with Crippen molar-refractivity contribution >= 4 is 6.21 Å². The maximum absolute atomic E-state index is 10.3. The first-order valence-electron chi connectivity index (χ1n) is 6.83. The lowest BCUT2D eigenvalue weighted by Crippen LogP contribution is -2.40. The summed E-state index contributed by atoms with van der Waals surface area (Å²) in [7, 11) is 1.51. The molecule has 114 valence electrons. The zero-order valence-corrected chi connectivity index (χ0v) is 12.6. The molecule has 0 heterocycles. The van der Waals surface area contributed by atoms with Gasteiger partial charge in [-0.1, -0.05) is 6.92 Å². The molecule has 2 unspecified atom stereocenters. The quantitative estimate of drug-likeness (QED) is 0.346. The molecule has 20 heavy (non-hydrogen) atoms. The maximum Gasteiger partial charge on any atom is 0.108 e. The predicted octanol–water partition coefficient (Wildman–Crippen LogP) is 0.531. The van der Waals surface area contributed by atoms with E-state index in [2.05, 4.69) is 9.89 Å². The summed E-state index contributed by atoms with van der Waals surface area (Å²) in [6.45, 7) is 6.44. The molecule has 0 fully saturated rings. The summed E-state index contributed by atoms with van der Waals surface area (Å²) in [5, 5.41) is 19.0. The van der Waals surface area contributed by atoms with Gasteiger partial charge in [0.15, 0.2) is 0 Å². The Morgan fingerprint density at radius 2 is 2.30 bits per heavy atom. The first kappa shape index (κ1) is 18.6. The van der Waals surface area contributed by atoms with Crippen LogP contribution in [0.5, 0.6) is 0 Å². The second-order valence-corrected chi connectivity index (χ2v) is 4.37. The number of aliphatic hydroxyl groups excluding tert-OH is 1. The SMILES string of the molecule is CC=NC(C/C(=C/C#N)OC)C(O)CN(CC)CCN. The Hall–Kier alpha value is -1.42. The summed E-state index contributed by atoms with van der Waals surface area (Å²) in [6, 6.07) is 1.60. The average Bonchev–Trinajstić information content (AvgIpc) is 2.45. The Morgan fingerprint density at radius 3 is 2.75 bits per heavy atom. The van der Waals surface area contributed by atoms with Crippen molar-refractivity contribution in [2.45, 2.75) is 32.4 Å². The van der Waals surface area contributed by atoms with Gasteiger partial charge in [0.1, 0.15) is 5.76 Å². The number of nitrogens with two attached hydrogens (primary N) is 1. The second kappa shape index (κ2) is 11.4.